The lowest BCUT2D eigenvalue weighted by atomic mass is 10.0. The molecule has 3 rings (SSSR count). The number of nitrogens with two attached hydrogens (primary N) is 1. The Morgan fingerprint density at radius 3 is 2.21 bits per heavy atom. The van der Waals surface area contributed by atoms with E-state index in [4.69, 9.17) is 19.9 Å². The molecule has 1 heterocycles. The van der Waals surface area contributed by atoms with Crippen molar-refractivity contribution < 1.29 is 38.5 Å². The zero-order chi connectivity index (χ0) is 31.6. The molecular formula is C31H40N4O8. The molecule has 0 unspecified atom stereocenters. The van der Waals surface area contributed by atoms with Gasteiger partial charge in [-0.15, -0.1) is 0 Å². The molecule has 2 aromatic carbocycles. The highest BCUT2D eigenvalue weighted by atomic mass is 16.6. The SMILES string of the molecule is CCOC(=O)/N=C(\N)c1ccc(C(=O)N[C@@H](Cc2ccc(O)cc2)C(=O)N2CCC(OCC(=O)OC(C)(C)C)CC2)cc1. The van der Waals surface area contributed by atoms with E-state index in [1.165, 1.54) is 24.3 Å². The van der Waals surface area contributed by atoms with Crippen molar-refractivity contribution in [2.45, 2.75) is 64.7 Å². The highest BCUT2D eigenvalue weighted by Crippen LogP contribution is 2.18. The van der Waals surface area contributed by atoms with Gasteiger partial charge in [-0.25, -0.2) is 9.59 Å². The number of esters is 1. The average Bonchev–Trinajstić information content (AvgIpc) is 2.96. The van der Waals surface area contributed by atoms with Crippen molar-refractivity contribution in [3.05, 3.63) is 65.2 Å². The number of aromatic hydroxyl groups is 1. The van der Waals surface area contributed by atoms with E-state index in [2.05, 4.69) is 10.3 Å². The normalized spacial score (nSPS) is 15.0. The lowest BCUT2D eigenvalue weighted by Crippen LogP contribution is -2.52. The van der Waals surface area contributed by atoms with Gasteiger partial charge in [-0.2, -0.15) is 4.99 Å². The van der Waals surface area contributed by atoms with E-state index >= 15 is 0 Å². The molecule has 1 saturated heterocycles. The van der Waals surface area contributed by atoms with Crippen LogP contribution in [0, 0.1) is 0 Å². The highest BCUT2D eigenvalue weighted by molar-refractivity contribution is 6.04. The summed E-state index contributed by atoms with van der Waals surface area (Å²) < 4.78 is 15.8. The molecule has 0 saturated carbocycles. The van der Waals surface area contributed by atoms with Crippen LogP contribution in [0.1, 0.15) is 62.0 Å². The largest absolute Gasteiger partial charge is 0.508 e. The molecule has 0 radical (unpaired) electrons. The summed E-state index contributed by atoms with van der Waals surface area (Å²) in [5, 5.41) is 12.5. The molecule has 1 aliphatic heterocycles. The average molecular weight is 597 g/mol. The van der Waals surface area contributed by atoms with Crippen molar-refractivity contribution in [3.8, 4) is 5.75 Å². The van der Waals surface area contributed by atoms with Crippen LogP contribution in [-0.4, -0.2) is 83.8 Å². The van der Waals surface area contributed by atoms with E-state index in [0.717, 1.165) is 5.56 Å². The molecule has 1 fully saturated rings. The fourth-order valence-electron chi connectivity index (χ4n) is 4.44. The number of nitrogens with zero attached hydrogens (tertiary/aromatic N) is 2. The monoisotopic (exact) mass is 596 g/mol. The maximum absolute atomic E-state index is 13.6. The lowest BCUT2D eigenvalue weighted by Gasteiger charge is -2.34. The number of hydrogen-bond acceptors (Lipinski definition) is 8. The minimum absolute atomic E-state index is 0.0516. The second-order valence-electron chi connectivity index (χ2n) is 11.1. The summed E-state index contributed by atoms with van der Waals surface area (Å²) in [6, 6.07) is 11.7. The van der Waals surface area contributed by atoms with Crippen LogP contribution < -0.4 is 11.1 Å². The van der Waals surface area contributed by atoms with E-state index in [1.807, 2.05) is 0 Å². The molecule has 0 aliphatic carbocycles. The van der Waals surface area contributed by atoms with Crippen LogP contribution in [-0.2, 0) is 30.2 Å². The van der Waals surface area contributed by atoms with Crippen LogP contribution in [0.2, 0.25) is 0 Å². The summed E-state index contributed by atoms with van der Waals surface area (Å²) in [4.78, 5) is 55.8. The van der Waals surface area contributed by atoms with Crippen LogP contribution in [0.25, 0.3) is 0 Å². The second-order valence-corrected chi connectivity index (χ2v) is 11.1. The van der Waals surface area contributed by atoms with Gasteiger partial charge in [0.1, 0.15) is 29.8 Å². The van der Waals surface area contributed by atoms with Gasteiger partial charge >= 0.3 is 12.1 Å². The predicted octanol–water partition coefficient (Wildman–Crippen LogP) is 2.94. The number of amides is 3. The molecule has 3 amide bonds. The Labute approximate surface area is 251 Å². The van der Waals surface area contributed by atoms with Gasteiger partial charge in [0.25, 0.3) is 5.91 Å². The maximum Gasteiger partial charge on any atom is 0.435 e. The smallest absolute Gasteiger partial charge is 0.435 e. The first-order valence-electron chi connectivity index (χ1n) is 14.2. The van der Waals surface area contributed by atoms with Crippen molar-refractivity contribution in [2.75, 3.05) is 26.3 Å². The molecule has 43 heavy (non-hydrogen) atoms. The maximum atomic E-state index is 13.6. The summed E-state index contributed by atoms with van der Waals surface area (Å²) >= 11 is 0. The molecule has 12 nitrogen and oxygen atoms in total. The van der Waals surface area contributed by atoms with Crippen molar-refractivity contribution in [3.63, 3.8) is 0 Å². The van der Waals surface area contributed by atoms with Crippen LogP contribution >= 0.6 is 0 Å². The Hall–Kier alpha value is -4.45. The molecule has 2 aromatic rings. The number of hydrogen-bond donors (Lipinski definition) is 3. The first-order valence-corrected chi connectivity index (χ1v) is 14.2. The third-order valence-electron chi connectivity index (χ3n) is 6.51. The number of carbonyl (C=O) groups is 4. The van der Waals surface area contributed by atoms with Crippen LogP contribution in [0.15, 0.2) is 53.5 Å². The third kappa shape index (κ3) is 10.7. The summed E-state index contributed by atoms with van der Waals surface area (Å²) in [6.07, 6.45) is 0.267. The van der Waals surface area contributed by atoms with Crippen molar-refractivity contribution >= 4 is 29.7 Å². The number of phenolic OH excluding ortho intramolecular Hbond substituents is 1. The van der Waals surface area contributed by atoms with Crippen LogP contribution in [0.5, 0.6) is 5.75 Å². The van der Waals surface area contributed by atoms with Gasteiger partial charge in [-0.3, -0.25) is 9.59 Å². The zero-order valence-corrected chi connectivity index (χ0v) is 25.0. The van der Waals surface area contributed by atoms with E-state index in [9.17, 15) is 24.3 Å². The van der Waals surface area contributed by atoms with Gasteiger partial charge in [0, 0.05) is 30.6 Å². The lowest BCUT2D eigenvalue weighted by molar-refractivity contribution is -0.163. The summed E-state index contributed by atoms with van der Waals surface area (Å²) in [7, 11) is 0. The van der Waals surface area contributed by atoms with E-state index < -0.39 is 29.6 Å². The summed E-state index contributed by atoms with van der Waals surface area (Å²) in [6.45, 7) is 7.82. The van der Waals surface area contributed by atoms with Gasteiger partial charge in [0.05, 0.1) is 12.7 Å². The van der Waals surface area contributed by atoms with E-state index in [-0.39, 0.29) is 48.8 Å². The molecule has 0 aromatic heterocycles. The molecule has 1 aliphatic rings. The molecule has 0 bridgehead atoms. The van der Waals surface area contributed by atoms with Crippen molar-refractivity contribution in [2.24, 2.45) is 10.7 Å². The van der Waals surface area contributed by atoms with Crippen LogP contribution in [0.4, 0.5) is 4.79 Å². The molecule has 1 atom stereocenters. The number of amidine groups is 1. The molecule has 12 heteroatoms. The Kier molecular flexibility index (Phi) is 11.6. The Bertz CT molecular complexity index is 1290. The van der Waals surface area contributed by atoms with Crippen molar-refractivity contribution in [1.29, 1.82) is 0 Å². The van der Waals surface area contributed by atoms with Gasteiger partial charge in [0.15, 0.2) is 0 Å². The Balaban J connectivity index is 1.66. The molecule has 232 valence electrons. The number of nitrogens with one attached hydrogen (secondary N) is 1. The van der Waals surface area contributed by atoms with Gasteiger partial charge in [0.2, 0.25) is 5.91 Å². The number of benzene rings is 2. The van der Waals surface area contributed by atoms with Crippen LogP contribution in [0.3, 0.4) is 0 Å². The zero-order valence-electron chi connectivity index (χ0n) is 25.0. The molecule has 4 N–H and O–H groups in total. The number of likely N-dealkylation sites (tertiary alicyclic amines) is 1. The quantitative estimate of drug-likeness (QED) is 0.212. The molecule has 0 spiro atoms. The van der Waals surface area contributed by atoms with Gasteiger partial charge in [-0.05, 0) is 70.4 Å². The second kappa shape index (κ2) is 15.1. The number of aliphatic imine (C=N–C) groups is 1. The fourth-order valence-corrected chi connectivity index (χ4v) is 4.44. The summed E-state index contributed by atoms with van der Waals surface area (Å²) in [5.74, 6) is -1.13. The number of carbonyl (C=O) groups excluding carboxylic acids is 4. The Morgan fingerprint density at radius 1 is 1.02 bits per heavy atom. The number of phenols is 1. The standard InChI is InChI=1S/C31H40N4O8/c1-5-41-30(40)34-27(32)21-8-10-22(11-9-21)28(38)33-25(18-20-6-12-23(36)13-7-20)29(39)35-16-14-24(15-17-35)42-19-26(37)43-31(2,3)4/h6-13,24-25,36H,5,14-19H2,1-4H3,(H,33,38)(H2,32,34,40)/t25-/m0/s1. The minimum Gasteiger partial charge on any atom is -0.508 e. The number of rotatable bonds is 10. The predicted molar refractivity (Wildman–Crippen MR) is 159 cm³/mol. The van der Waals surface area contributed by atoms with E-state index in [1.54, 1.807) is 56.9 Å². The highest BCUT2D eigenvalue weighted by Gasteiger charge is 2.30. The fraction of sp³-hybridized carbons (Fsp3) is 0.452. The van der Waals surface area contributed by atoms with Gasteiger partial charge in [-0.1, -0.05) is 24.3 Å². The Morgan fingerprint density at radius 2 is 1.63 bits per heavy atom. The summed E-state index contributed by atoms with van der Waals surface area (Å²) in [5.41, 5.74) is 6.74. The first-order chi connectivity index (χ1) is 20.3. The van der Waals surface area contributed by atoms with Crippen molar-refractivity contribution in [1.82, 2.24) is 10.2 Å². The topological polar surface area (TPSA) is 170 Å². The number of ether oxygens (including phenoxy) is 3. The first kappa shape index (κ1) is 33.1. The van der Waals surface area contributed by atoms with Gasteiger partial charge < -0.3 is 35.3 Å². The third-order valence-corrected chi connectivity index (χ3v) is 6.51. The molecular weight excluding hydrogens is 556 g/mol. The minimum atomic E-state index is -0.883. The number of piperidine rings is 1. The van der Waals surface area contributed by atoms with E-state index in [0.29, 0.717) is 31.5 Å².